The molecule has 0 rings (SSSR count). The van der Waals surface area contributed by atoms with Crippen molar-refractivity contribution in [1.82, 2.24) is 0 Å². The molecule has 0 spiro atoms. The third kappa shape index (κ3) is 7.84. The van der Waals surface area contributed by atoms with Crippen molar-refractivity contribution in [2.45, 2.75) is 59.0 Å². The molecule has 0 heterocycles. The van der Waals surface area contributed by atoms with E-state index in [0.717, 1.165) is 19.3 Å². The van der Waals surface area contributed by atoms with E-state index in [0.29, 0.717) is 0 Å². The zero-order valence-corrected chi connectivity index (χ0v) is 9.58. The van der Waals surface area contributed by atoms with Crippen LogP contribution in [0.4, 0.5) is 0 Å². The van der Waals surface area contributed by atoms with Gasteiger partial charge >= 0.3 is 5.97 Å². The van der Waals surface area contributed by atoms with Gasteiger partial charge in [-0.3, -0.25) is 4.79 Å². The Morgan fingerprint density at radius 2 is 2.07 bits per heavy atom. The van der Waals surface area contributed by atoms with Crippen molar-refractivity contribution in [3.63, 3.8) is 0 Å². The monoisotopic (exact) mass is 198 g/mol. The fraction of sp³-hybridized carbons (Fsp3) is 0.750. The first-order valence-corrected chi connectivity index (χ1v) is 5.54. The van der Waals surface area contributed by atoms with Crippen LogP contribution < -0.4 is 0 Å². The van der Waals surface area contributed by atoms with Crippen LogP contribution in [0.2, 0.25) is 0 Å². The molecule has 0 fully saturated rings. The number of hydrogen-bond acceptors (Lipinski definition) is 2. The highest BCUT2D eigenvalue weighted by Crippen LogP contribution is 2.06. The smallest absolute Gasteiger partial charge is 0.303 e. The molecule has 2 nitrogen and oxygen atoms in total. The summed E-state index contributed by atoms with van der Waals surface area (Å²) in [5, 5.41) is 0. The Morgan fingerprint density at radius 3 is 2.57 bits per heavy atom. The van der Waals surface area contributed by atoms with Crippen molar-refractivity contribution in [3.8, 4) is 0 Å². The first kappa shape index (κ1) is 13.2. The maximum atomic E-state index is 10.8. The van der Waals surface area contributed by atoms with Gasteiger partial charge in [0.05, 0.1) is 0 Å². The minimum atomic E-state index is -0.191. The largest absolute Gasteiger partial charge is 0.458 e. The lowest BCUT2D eigenvalue weighted by atomic mass is 10.1. The third-order valence-electron chi connectivity index (χ3n) is 1.97. The van der Waals surface area contributed by atoms with Gasteiger partial charge in [-0.15, -0.1) is 0 Å². The molecule has 0 aliphatic rings. The summed E-state index contributed by atoms with van der Waals surface area (Å²) in [5.74, 6) is -0.191. The van der Waals surface area contributed by atoms with Crippen LogP contribution in [-0.4, -0.2) is 12.1 Å². The molecular weight excluding hydrogens is 176 g/mol. The lowest BCUT2D eigenvalue weighted by Crippen LogP contribution is -2.13. The molecular formula is C12H22O2. The van der Waals surface area contributed by atoms with E-state index < -0.39 is 0 Å². The molecule has 14 heavy (non-hydrogen) atoms. The molecule has 0 aliphatic carbocycles. The molecule has 0 radical (unpaired) electrons. The van der Waals surface area contributed by atoms with E-state index >= 15 is 0 Å². The maximum absolute atomic E-state index is 10.8. The van der Waals surface area contributed by atoms with E-state index in [2.05, 4.69) is 19.9 Å². The summed E-state index contributed by atoms with van der Waals surface area (Å²) >= 11 is 0. The fourth-order valence-electron chi connectivity index (χ4n) is 1.26. The number of esters is 1. The standard InChI is InChI=1S/C12H22O2/c1-4-6-7-8-10-12(9-5-2)14-11(3)13/h8,10,12H,4-7,9H2,1-3H3/b10-8+. The Bertz CT molecular complexity index is 173. The average molecular weight is 198 g/mol. The Labute approximate surface area is 87.3 Å². The first-order valence-electron chi connectivity index (χ1n) is 5.54. The molecule has 2 heteroatoms. The molecule has 0 aromatic carbocycles. The molecule has 1 atom stereocenters. The van der Waals surface area contributed by atoms with Gasteiger partial charge in [0.25, 0.3) is 0 Å². The minimum Gasteiger partial charge on any atom is -0.458 e. The Morgan fingerprint density at radius 1 is 1.36 bits per heavy atom. The highest BCUT2D eigenvalue weighted by Gasteiger charge is 2.05. The third-order valence-corrected chi connectivity index (χ3v) is 1.97. The van der Waals surface area contributed by atoms with Gasteiger partial charge in [-0.05, 0) is 18.9 Å². The van der Waals surface area contributed by atoms with E-state index in [1.807, 2.05) is 6.08 Å². The predicted molar refractivity (Wildman–Crippen MR) is 59.1 cm³/mol. The Kier molecular flexibility index (Phi) is 8.30. The van der Waals surface area contributed by atoms with Crippen LogP contribution in [0.15, 0.2) is 12.2 Å². The highest BCUT2D eigenvalue weighted by atomic mass is 16.5. The molecule has 0 bridgehead atoms. The normalized spacial score (nSPS) is 13.1. The number of ether oxygens (including phenoxy) is 1. The van der Waals surface area contributed by atoms with Crippen LogP contribution in [0, 0.1) is 0 Å². The SMILES string of the molecule is CCCC/C=C/C(CCC)OC(C)=O. The molecule has 82 valence electrons. The number of rotatable bonds is 7. The summed E-state index contributed by atoms with van der Waals surface area (Å²) in [6.45, 7) is 5.72. The van der Waals surface area contributed by atoms with Gasteiger partial charge in [0.15, 0.2) is 0 Å². The fourth-order valence-corrected chi connectivity index (χ4v) is 1.26. The van der Waals surface area contributed by atoms with Crippen molar-refractivity contribution < 1.29 is 9.53 Å². The van der Waals surface area contributed by atoms with Gasteiger partial charge in [-0.25, -0.2) is 0 Å². The number of hydrogen-bond donors (Lipinski definition) is 0. The molecule has 0 saturated carbocycles. The van der Waals surface area contributed by atoms with Gasteiger partial charge in [0, 0.05) is 6.92 Å². The van der Waals surface area contributed by atoms with Crippen LogP contribution in [0.1, 0.15) is 52.9 Å². The van der Waals surface area contributed by atoms with E-state index in [9.17, 15) is 4.79 Å². The Balaban J connectivity index is 3.82. The van der Waals surface area contributed by atoms with E-state index in [1.165, 1.54) is 19.8 Å². The first-order chi connectivity index (χ1) is 6.70. The second-order valence-corrected chi connectivity index (χ2v) is 3.51. The Hall–Kier alpha value is -0.790. The minimum absolute atomic E-state index is 0.0191. The highest BCUT2D eigenvalue weighted by molar-refractivity contribution is 5.66. The molecule has 0 amide bonds. The zero-order chi connectivity index (χ0) is 10.8. The average Bonchev–Trinajstić information content (AvgIpc) is 2.12. The van der Waals surface area contributed by atoms with Crippen molar-refractivity contribution in [2.24, 2.45) is 0 Å². The molecule has 0 saturated heterocycles. The number of unbranched alkanes of at least 4 members (excludes halogenated alkanes) is 2. The second-order valence-electron chi connectivity index (χ2n) is 3.51. The molecule has 0 aliphatic heterocycles. The molecule has 0 N–H and O–H groups in total. The number of carbonyl (C=O) groups is 1. The van der Waals surface area contributed by atoms with E-state index in [-0.39, 0.29) is 12.1 Å². The van der Waals surface area contributed by atoms with Crippen LogP contribution >= 0.6 is 0 Å². The number of carbonyl (C=O) groups excluding carboxylic acids is 1. The van der Waals surface area contributed by atoms with Crippen LogP contribution in [-0.2, 0) is 9.53 Å². The summed E-state index contributed by atoms with van der Waals surface area (Å²) in [4.78, 5) is 10.8. The maximum Gasteiger partial charge on any atom is 0.303 e. The second kappa shape index (κ2) is 8.79. The molecule has 1 unspecified atom stereocenters. The summed E-state index contributed by atoms with van der Waals surface area (Å²) in [7, 11) is 0. The molecule has 0 aromatic heterocycles. The summed E-state index contributed by atoms with van der Waals surface area (Å²) in [6.07, 6.45) is 9.56. The predicted octanol–water partition coefficient (Wildman–Crippen LogP) is 3.46. The lowest BCUT2D eigenvalue weighted by Gasteiger charge is -2.11. The van der Waals surface area contributed by atoms with Crippen LogP contribution in [0.25, 0.3) is 0 Å². The quantitative estimate of drug-likeness (QED) is 0.356. The van der Waals surface area contributed by atoms with Gasteiger partial charge in [0.1, 0.15) is 6.10 Å². The summed E-state index contributed by atoms with van der Waals surface area (Å²) in [6, 6.07) is 0. The van der Waals surface area contributed by atoms with Crippen molar-refractivity contribution >= 4 is 5.97 Å². The van der Waals surface area contributed by atoms with Gasteiger partial charge < -0.3 is 4.74 Å². The summed E-state index contributed by atoms with van der Waals surface area (Å²) < 4.78 is 5.15. The van der Waals surface area contributed by atoms with Crippen LogP contribution in [0.3, 0.4) is 0 Å². The van der Waals surface area contributed by atoms with E-state index in [1.54, 1.807) is 0 Å². The van der Waals surface area contributed by atoms with Crippen molar-refractivity contribution in [3.05, 3.63) is 12.2 Å². The van der Waals surface area contributed by atoms with Gasteiger partial charge in [0.2, 0.25) is 0 Å². The molecule has 0 aromatic rings. The van der Waals surface area contributed by atoms with Gasteiger partial charge in [-0.2, -0.15) is 0 Å². The lowest BCUT2D eigenvalue weighted by molar-refractivity contribution is -0.144. The zero-order valence-electron chi connectivity index (χ0n) is 9.58. The topological polar surface area (TPSA) is 26.3 Å². The van der Waals surface area contributed by atoms with Crippen LogP contribution in [0.5, 0.6) is 0 Å². The van der Waals surface area contributed by atoms with E-state index in [4.69, 9.17) is 4.74 Å². The van der Waals surface area contributed by atoms with Crippen molar-refractivity contribution in [1.29, 1.82) is 0 Å². The summed E-state index contributed by atoms with van der Waals surface area (Å²) in [5.41, 5.74) is 0. The van der Waals surface area contributed by atoms with Gasteiger partial charge in [-0.1, -0.05) is 39.2 Å². The number of allylic oxidation sites excluding steroid dienone is 1. The van der Waals surface area contributed by atoms with Crippen molar-refractivity contribution in [2.75, 3.05) is 0 Å².